The summed E-state index contributed by atoms with van der Waals surface area (Å²) < 4.78 is 0. The predicted molar refractivity (Wildman–Crippen MR) is 63.6 cm³/mol. The highest BCUT2D eigenvalue weighted by atomic mass is 28.4. The van der Waals surface area contributed by atoms with Gasteiger partial charge < -0.3 is 0 Å². The van der Waals surface area contributed by atoms with Crippen LogP contribution in [-0.2, 0) is 0 Å². The molecule has 2 heteroatoms. The maximum absolute atomic E-state index is 5.34. The molecule has 12 heavy (non-hydrogen) atoms. The van der Waals surface area contributed by atoms with Crippen LogP contribution < -0.4 is 0 Å². The van der Waals surface area contributed by atoms with E-state index in [1.807, 2.05) is 6.08 Å². The van der Waals surface area contributed by atoms with E-state index < -0.39 is 16.1 Å². The topological polar surface area (TPSA) is 0 Å². The summed E-state index contributed by atoms with van der Waals surface area (Å²) in [4.78, 5) is 1.61. The van der Waals surface area contributed by atoms with Crippen LogP contribution in [0.5, 0.6) is 0 Å². The Bertz CT molecular complexity index is 202. The molecule has 0 aliphatic rings. The van der Waals surface area contributed by atoms with Gasteiger partial charge in [0.2, 0.25) is 0 Å². The van der Waals surface area contributed by atoms with Gasteiger partial charge in [0.25, 0.3) is 0 Å². The van der Waals surface area contributed by atoms with Gasteiger partial charge in [0.1, 0.15) is 0 Å². The molecule has 0 atom stereocenters. The number of hydrogen-bond acceptors (Lipinski definition) is 0. The van der Waals surface area contributed by atoms with Gasteiger partial charge in [0.05, 0.1) is 16.1 Å². The Labute approximate surface area is 79.1 Å². The van der Waals surface area contributed by atoms with Gasteiger partial charge >= 0.3 is 0 Å². The number of rotatable bonds is 2. The van der Waals surface area contributed by atoms with Gasteiger partial charge in [-0.25, -0.2) is 0 Å². The first kappa shape index (κ1) is 11.7. The van der Waals surface area contributed by atoms with Crippen molar-refractivity contribution >= 4 is 16.1 Å². The lowest BCUT2D eigenvalue weighted by atomic mass is 10.7. The highest BCUT2D eigenvalue weighted by molar-refractivity contribution is 7.04. The zero-order valence-corrected chi connectivity index (χ0v) is 11.2. The monoisotopic (exact) mass is 196 g/mol. The van der Waals surface area contributed by atoms with E-state index in [9.17, 15) is 0 Å². The Hall–Kier alpha value is -0.266. The standard InChI is InChI=1S/C10H20Si2/c1-8-9-10(11(2,3)4)12(5,6)7/h1,9H,2-7H3. The van der Waals surface area contributed by atoms with Crippen LogP contribution in [-0.4, -0.2) is 16.1 Å². The molecule has 0 aromatic rings. The molecule has 0 radical (unpaired) electrons. The first-order valence-corrected chi connectivity index (χ1v) is 11.4. The molecule has 0 heterocycles. The summed E-state index contributed by atoms with van der Waals surface area (Å²) in [5.41, 5.74) is 0. The zero-order chi connectivity index (χ0) is 9.99. The van der Waals surface area contributed by atoms with E-state index in [-0.39, 0.29) is 0 Å². The maximum atomic E-state index is 5.34. The highest BCUT2D eigenvalue weighted by Gasteiger charge is 2.30. The smallest absolute Gasteiger partial charge is 0.0690 e. The second-order valence-electron chi connectivity index (χ2n) is 5.22. The predicted octanol–water partition coefficient (Wildman–Crippen LogP) is 3.30. The molecule has 0 spiro atoms. The Morgan fingerprint density at radius 3 is 1.42 bits per heavy atom. The molecule has 0 bridgehead atoms. The third kappa shape index (κ3) is 3.42. The maximum Gasteiger partial charge on any atom is 0.0690 e. The average Bonchev–Trinajstić information content (AvgIpc) is 1.77. The number of hydrogen-bond donors (Lipinski definition) is 0. The summed E-state index contributed by atoms with van der Waals surface area (Å²) in [7, 11) is -2.33. The van der Waals surface area contributed by atoms with E-state index in [1.54, 1.807) is 4.82 Å². The summed E-state index contributed by atoms with van der Waals surface area (Å²) in [6, 6.07) is 0. The second-order valence-corrected chi connectivity index (χ2v) is 15.8. The Morgan fingerprint density at radius 2 is 1.33 bits per heavy atom. The number of allylic oxidation sites excluding steroid dienone is 1. The first-order valence-electron chi connectivity index (χ1n) is 4.37. The van der Waals surface area contributed by atoms with E-state index in [1.165, 1.54) is 0 Å². The summed E-state index contributed by atoms with van der Waals surface area (Å²) in [5, 5.41) is 0. The van der Waals surface area contributed by atoms with Gasteiger partial charge in [-0.05, 0) is 6.08 Å². The van der Waals surface area contributed by atoms with Crippen LogP contribution >= 0.6 is 0 Å². The Balaban J connectivity index is 5.00. The minimum Gasteiger partial charge on any atom is -0.115 e. The second kappa shape index (κ2) is 3.63. The molecule has 0 nitrogen and oxygen atoms in total. The van der Waals surface area contributed by atoms with Crippen LogP contribution in [0.3, 0.4) is 0 Å². The lowest BCUT2D eigenvalue weighted by Gasteiger charge is -2.30. The van der Waals surface area contributed by atoms with Crippen molar-refractivity contribution in [2.24, 2.45) is 0 Å². The highest BCUT2D eigenvalue weighted by Crippen LogP contribution is 2.24. The van der Waals surface area contributed by atoms with Crippen molar-refractivity contribution in [3.8, 4) is 12.3 Å². The largest absolute Gasteiger partial charge is 0.115 e. The van der Waals surface area contributed by atoms with Gasteiger partial charge in [-0.2, -0.15) is 0 Å². The quantitative estimate of drug-likeness (QED) is 0.470. The van der Waals surface area contributed by atoms with Crippen molar-refractivity contribution in [2.45, 2.75) is 39.3 Å². The third-order valence-electron chi connectivity index (χ3n) is 1.84. The summed E-state index contributed by atoms with van der Waals surface area (Å²) in [6.45, 7) is 14.2. The minimum atomic E-state index is -1.16. The van der Waals surface area contributed by atoms with Gasteiger partial charge in [-0.3, -0.25) is 0 Å². The summed E-state index contributed by atoms with van der Waals surface area (Å²) in [5.74, 6) is 2.69. The van der Waals surface area contributed by atoms with Crippen LogP contribution in [0.4, 0.5) is 0 Å². The summed E-state index contributed by atoms with van der Waals surface area (Å²) in [6.07, 6.45) is 7.37. The van der Waals surface area contributed by atoms with Crippen LogP contribution in [0.1, 0.15) is 0 Å². The molecule has 0 unspecified atom stereocenters. The van der Waals surface area contributed by atoms with Crippen molar-refractivity contribution in [1.29, 1.82) is 0 Å². The molecular formula is C10H20Si2. The van der Waals surface area contributed by atoms with E-state index in [0.717, 1.165) is 0 Å². The van der Waals surface area contributed by atoms with Gasteiger partial charge in [-0.15, -0.1) is 6.42 Å². The first-order chi connectivity index (χ1) is 5.19. The van der Waals surface area contributed by atoms with Crippen molar-refractivity contribution in [3.63, 3.8) is 0 Å². The van der Waals surface area contributed by atoms with Crippen molar-refractivity contribution in [1.82, 2.24) is 0 Å². The lowest BCUT2D eigenvalue weighted by Crippen LogP contribution is -2.39. The SMILES string of the molecule is C#CC=C([Si](C)(C)C)[Si](C)(C)C. The van der Waals surface area contributed by atoms with Gasteiger partial charge in [0.15, 0.2) is 0 Å². The zero-order valence-electron chi connectivity index (χ0n) is 9.15. The minimum absolute atomic E-state index is 1.16. The fraction of sp³-hybridized carbons (Fsp3) is 0.600. The van der Waals surface area contributed by atoms with Crippen LogP contribution in [0.15, 0.2) is 10.9 Å². The molecular weight excluding hydrogens is 176 g/mol. The molecule has 0 aliphatic heterocycles. The van der Waals surface area contributed by atoms with Crippen molar-refractivity contribution in [3.05, 3.63) is 10.9 Å². The molecule has 68 valence electrons. The molecule has 0 rings (SSSR count). The van der Waals surface area contributed by atoms with E-state index >= 15 is 0 Å². The van der Waals surface area contributed by atoms with Gasteiger partial charge in [0, 0.05) is 0 Å². The van der Waals surface area contributed by atoms with Gasteiger partial charge in [-0.1, -0.05) is 50.0 Å². The molecule has 0 aliphatic carbocycles. The van der Waals surface area contributed by atoms with E-state index in [4.69, 9.17) is 6.42 Å². The van der Waals surface area contributed by atoms with Crippen molar-refractivity contribution < 1.29 is 0 Å². The average molecular weight is 196 g/mol. The normalized spacial score (nSPS) is 12.1. The lowest BCUT2D eigenvalue weighted by molar-refractivity contribution is 1.63. The Kier molecular flexibility index (Phi) is 3.55. The molecule has 0 saturated carbocycles. The third-order valence-corrected chi connectivity index (χ3v) is 9.86. The molecule has 0 aromatic heterocycles. The van der Waals surface area contributed by atoms with Crippen LogP contribution in [0.2, 0.25) is 39.3 Å². The fourth-order valence-corrected chi connectivity index (χ4v) is 11.7. The number of terminal acetylenes is 1. The van der Waals surface area contributed by atoms with E-state index in [0.29, 0.717) is 0 Å². The van der Waals surface area contributed by atoms with Crippen LogP contribution in [0, 0.1) is 12.3 Å². The Morgan fingerprint density at radius 1 is 1.00 bits per heavy atom. The van der Waals surface area contributed by atoms with Crippen molar-refractivity contribution in [2.75, 3.05) is 0 Å². The fourth-order valence-electron chi connectivity index (χ4n) is 1.64. The molecule has 0 N–H and O–H groups in total. The van der Waals surface area contributed by atoms with E-state index in [2.05, 4.69) is 45.2 Å². The summed E-state index contributed by atoms with van der Waals surface area (Å²) >= 11 is 0. The molecule has 0 amide bonds. The van der Waals surface area contributed by atoms with Crippen LogP contribution in [0.25, 0.3) is 0 Å². The molecule has 0 fully saturated rings. The molecule has 0 saturated heterocycles. The molecule has 0 aromatic carbocycles.